The smallest absolute Gasteiger partial charge is 0.326 e. The Morgan fingerprint density at radius 1 is 1.12 bits per heavy atom. The number of aliphatic carboxylic acids is 1. The number of hydrogen-bond acceptors (Lipinski definition) is 3. The number of aliphatic hydroxyl groups excluding tert-OH is 1. The monoisotopic (exact) mass is 242 g/mol. The van der Waals surface area contributed by atoms with Gasteiger partial charge in [-0.05, 0) is 25.7 Å². The van der Waals surface area contributed by atoms with E-state index in [0.29, 0.717) is 32.5 Å². The third-order valence-electron chi connectivity index (χ3n) is 3.45. The quantitative estimate of drug-likeness (QED) is 0.684. The molecular formula is C11H18N2O4. The maximum atomic E-state index is 12.1. The molecule has 2 aliphatic rings. The first-order chi connectivity index (χ1) is 8.09. The Bertz CT molecular complexity index is 321. The van der Waals surface area contributed by atoms with E-state index in [1.54, 1.807) is 4.90 Å². The van der Waals surface area contributed by atoms with Gasteiger partial charge in [0.2, 0.25) is 0 Å². The molecular weight excluding hydrogens is 224 g/mol. The van der Waals surface area contributed by atoms with Gasteiger partial charge in [-0.1, -0.05) is 0 Å². The minimum Gasteiger partial charge on any atom is -0.480 e. The lowest BCUT2D eigenvalue weighted by atomic mass is 10.1. The van der Waals surface area contributed by atoms with E-state index in [4.69, 9.17) is 5.11 Å². The fourth-order valence-corrected chi connectivity index (χ4v) is 2.56. The summed E-state index contributed by atoms with van der Waals surface area (Å²) >= 11 is 0. The van der Waals surface area contributed by atoms with Crippen molar-refractivity contribution in [1.29, 1.82) is 0 Å². The van der Waals surface area contributed by atoms with Gasteiger partial charge in [0, 0.05) is 19.6 Å². The number of carbonyl (C=O) groups is 2. The number of rotatable bonds is 1. The summed E-state index contributed by atoms with van der Waals surface area (Å²) in [4.78, 5) is 26.1. The average Bonchev–Trinajstić information content (AvgIpc) is 2.77. The van der Waals surface area contributed by atoms with Gasteiger partial charge in [0.25, 0.3) is 0 Å². The molecule has 2 saturated heterocycles. The molecule has 2 atom stereocenters. The average molecular weight is 242 g/mol. The number of likely N-dealkylation sites (tertiary alicyclic amines) is 2. The molecule has 0 saturated carbocycles. The number of carboxylic acids is 1. The van der Waals surface area contributed by atoms with E-state index in [-0.39, 0.29) is 6.03 Å². The first kappa shape index (κ1) is 12.2. The number of aliphatic hydroxyl groups is 1. The van der Waals surface area contributed by atoms with E-state index in [1.807, 2.05) is 0 Å². The van der Waals surface area contributed by atoms with Crippen molar-refractivity contribution < 1.29 is 19.8 Å². The normalized spacial score (nSPS) is 29.5. The Hall–Kier alpha value is -1.30. The van der Waals surface area contributed by atoms with Gasteiger partial charge in [0.15, 0.2) is 0 Å². The highest BCUT2D eigenvalue weighted by molar-refractivity contribution is 5.83. The van der Waals surface area contributed by atoms with E-state index >= 15 is 0 Å². The van der Waals surface area contributed by atoms with Crippen LogP contribution in [0, 0.1) is 0 Å². The molecule has 17 heavy (non-hydrogen) atoms. The van der Waals surface area contributed by atoms with Crippen LogP contribution >= 0.6 is 0 Å². The van der Waals surface area contributed by atoms with Crippen molar-refractivity contribution in [1.82, 2.24) is 9.80 Å². The third-order valence-corrected chi connectivity index (χ3v) is 3.45. The second kappa shape index (κ2) is 4.91. The lowest BCUT2D eigenvalue weighted by Gasteiger charge is -2.34. The molecule has 2 fully saturated rings. The van der Waals surface area contributed by atoms with Crippen molar-refractivity contribution in [2.45, 2.75) is 37.8 Å². The summed E-state index contributed by atoms with van der Waals surface area (Å²) in [7, 11) is 0. The van der Waals surface area contributed by atoms with Crippen LogP contribution in [-0.2, 0) is 4.79 Å². The maximum absolute atomic E-state index is 12.1. The predicted octanol–water partition coefficient (Wildman–Crippen LogP) is 0.112. The fourth-order valence-electron chi connectivity index (χ4n) is 2.56. The van der Waals surface area contributed by atoms with Crippen LogP contribution in [0.3, 0.4) is 0 Å². The van der Waals surface area contributed by atoms with E-state index in [9.17, 15) is 14.7 Å². The van der Waals surface area contributed by atoms with Gasteiger partial charge in [-0.15, -0.1) is 0 Å². The highest BCUT2D eigenvalue weighted by atomic mass is 16.4. The van der Waals surface area contributed by atoms with E-state index in [0.717, 1.165) is 12.8 Å². The van der Waals surface area contributed by atoms with Crippen LogP contribution in [0.2, 0.25) is 0 Å². The van der Waals surface area contributed by atoms with Crippen LogP contribution in [0.5, 0.6) is 0 Å². The number of hydrogen-bond donors (Lipinski definition) is 2. The molecule has 6 heteroatoms. The zero-order chi connectivity index (χ0) is 12.4. The van der Waals surface area contributed by atoms with Gasteiger partial charge < -0.3 is 20.0 Å². The second-order valence-corrected chi connectivity index (χ2v) is 4.71. The molecule has 2 heterocycles. The second-order valence-electron chi connectivity index (χ2n) is 4.71. The van der Waals surface area contributed by atoms with Crippen molar-refractivity contribution in [3.05, 3.63) is 0 Å². The van der Waals surface area contributed by atoms with Crippen molar-refractivity contribution >= 4 is 12.0 Å². The first-order valence-corrected chi connectivity index (χ1v) is 6.06. The maximum Gasteiger partial charge on any atom is 0.326 e. The van der Waals surface area contributed by atoms with Gasteiger partial charge >= 0.3 is 12.0 Å². The van der Waals surface area contributed by atoms with Gasteiger partial charge in [0.05, 0.1) is 6.10 Å². The largest absolute Gasteiger partial charge is 0.480 e. The van der Waals surface area contributed by atoms with Crippen molar-refractivity contribution in [2.75, 3.05) is 19.6 Å². The van der Waals surface area contributed by atoms with Crippen LogP contribution in [0.25, 0.3) is 0 Å². The summed E-state index contributed by atoms with van der Waals surface area (Å²) in [6.45, 7) is 1.43. The SMILES string of the molecule is O=C(O)C1CCCN1C(=O)N1CCCC(O)C1. The summed E-state index contributed by atoms with van der Waals surface area (Å²) in [5.74, 6) is -0.937. The molecule has 0 aromatic heterocycles. The van der Waals surface area contributed by atoms with Crippen LogP contribution < -0.4 is 0 Å². The lowest BCUT2D eigenvalue weighted by molar-refractivity contribution is -0.141. The van der Waals surface area contributed by atoms with Crippen molar-refractivity contribution in [3.63, 3.8) is 0 Å². The van der Waals surface area contributed by atoms with Crippen LogP contribution in [-0.4, -0.2) is 63.8 Å². The minimum absolute atomic E-state index is 0.242. The summed E-state index contributed by atoms with van der Waals surface area (Å²) in [6.07, 6.45) is 2.28. The number of amides is 2. The Morgan fingerprint density at radius 2 is 1.82 bits per heavy atom. The molecule has 2 unspecified atom stereocenters. The molecule has 2 rings (SSSR count). The van der Waals surface area contributed by atoms with E-state index in [1.165, 1.54) is 4.90 Å². The van der Waals surface area contributed by atoms with Gasteiger partial charge in [-0.3, -0.25) is 0 Å². The van der Waals surface area contributed by atoms with Gasteiger partial charge in [0.1, 0.15) is 6.04 Å². The molecule has 2 aliphatic heterocycles. The Labute approximate surface area is 99.8 Å². The van der Waals surface area contributed by atoms with E-state index < -0.39 is 18.1 Å². The molecule has 0 spiro atoms. The molecule has 2 amide bonds. The fraction of sp³-hybridized carbons (Fsp3) is 0.818. The Kier molecular flexibility index (Phi) is 3.51. The van der Waals surface area contributed by atoms with Crippen molar-refractivity contribution in [2.24, 2.45) is 0 Å². The summed E-state index contributed by atoms with van der Waals surface area (Å²) in [5, 5.41) is 18.5. The predicted molar refractivity (Wildman–Crippen MR) is 59.6 cm³/mol. The number of piperidine rings is 1. The molecule has 0 radical (unpaired) electrons. The van der Waals surface area contributed by atoms with Crippen molar-refractivity contribution in [3.8, 4) is 0 Å². The Balaban J connectivity index is 2.01. The summed E-state index contributed by atoms with van der Waals surface area (Å²) in [6, 6.07) is -0.935. The topological polar surface area (TPSA) is 81.1 Å². The minimum atomic E-state index is -0.937. The Morgan fingerprint density at radius 3 is 2.47 bits per heavy atom. The molecule has 0 aliphatic carbocycles. The number of β-amino-alcohol motifs (C(OH)–C–C–N with tert-alkyl or cyclic N) is 1. The van der Waals surface area contributed by atoms with E-state index in [2.05, 4.69) is 0 Å². The summed E-state index contributed by atoms with van der Waals surface area (Å²) < 4.78 is 0. The number of urea groups is 1. The molecule has 0 aromatic carbocycles. The first-order valence-electron chi connectivity index (χ1n) is 6.06. The van der Waals surface area contributed by atoms with Gasteiger partial charge in [-0.2, -0.15) is 0 Å². The highest BCUT2D eigenvalue weighted by Gasteiger charge is 2.37. The third kappa shape index (κ3) is 2.52. The molecule has 0 bridgehead atoms. The lowest BCUT2D eigenvalue weighted by Crippen LogP contribution is -2.51. The molecule has 0 aromatic rings. The zero-order valence-corrected chi connectivity index (χ0v) is 9.71. The molecule has 2 N–H and O–H groups in total. The van der Waals surface area contributed by atoms with Gasteiger partial charge in [-0.25, -0.2) is 9.59 Å². The molecule has 96 valence electrons. The number of nitrogens with zero attached hydrogens (tertiary/aromatic N) is 2. The summed E-state index contributed by atoms with van der Waals surface area (Å²) in [5.41, 5.74) is 0. The highest BCUT2D eigenvalue weighted by Crippen LogP contribution is 2.21. The number of carboxylic acid groups (broad SMARTS) is 1. The zero-order valence-electron chi connectivity index (χ0n) is 9.71. The number of carbonyl (C=O) groups excluding carboxylic acids is 1. The van der Waals surface area contributed by atoms with Crippen LogP contribution in [0.15, 0.2) is 0 Å². The van der Waals surface area contributed by atoms with Crippen LogP contribution in [0.4, 0.5) is 4.79 Å². The van der Waals surface area contributed by atoms with Crippen LogP contribution in [0.1, 0.15) is 25.7 Å². The standard InChI is InChI=1S/C11H18N2O4/c14-8-3-1-5-12(7-8)11(17)13-6-2-4-9(13)10(15)16/h8-9,14H,1-7H2,(H,15,16). The molecule has 6 nitrogen and oxygen atoms in total.